The molecule has 3 N–H and O–H groups in total. The Bertz CT molecular complexity index is 775. The molecule has 122 valence electrons. The summed E-state index contributed by atoms with van der Waals surface area (Å²) in [4.78, 5) is 27.4. The van der Waals surface area contributed by atoms with Crippen molar-refractivity contribution in [1.82, 2.24) is 15.2 Å². The van der Waals surface area contributed by atoms with Gasteiger partial charge in [0.05, 0.1) is 12.2 Å². The predicted octanol–water partition coefficient (Wildman–Crippen LogP) is 1.44. The highest BCUT2D eigenvalue weighted by Crippen LogP contribution is 2.12. The summed E-state index contributed by atoms with van der Waals surface area (Å²) >= 11 is 0. The van der Waals surface area contributed by atoms with Crippen molar-refractivity contribution in [3.05, 3.63) is 47.9 Å². The molecular formula is C15H14N6O3. The molecule has 0 radical (unpaired) electrons. The van der Waals surface area contributed by atoms with Gasteiger partial charge in [0, 0.05) is 11.9 Å². The van der Waals surface area contributed by atoms with Gasteiger partial charge in [-0.05, 0) is 31.2 Å². The molecule has 9 heteroatoms. The van der Waals surface area contributed by atoms with Gasteiger partial charge in [0.25, 0.3) is 5.91 Å². The zero-order valence-electron chi connectivity index (χ0n) is 12.7. The molecule has 0 fully saturated rings. The number of nitrogens with one attached hydrogen (secondary N) is 3. The molecule has 0 atom stereocenters. The third-order valence-corrected chi connectivity index (χ3v) is 2.79. The maximum atomic E-state index is 12.0. The molecule has 2 aromatic rings. The Kier molecular flexibility index (Phi) is 5.63. The molecule has 24 heavy (non-hydrogen) atoms. The van der Waals surface area contributed by atoms with Gasteiger partial charge in [-0.2, -0.15) is 15.3 Å². The Balaban J connectivity index is 2.01. The van der Waals surface area contributed by atoms with E-state index in [9.17, 15) is 9.59 Å². The topological polar surface area (TPSA) is 133 Å². The summed E-state index contributed by atoms with van der Waals surface area (Å²) in [6.45, 7) is 2.00. The number of rotatable bonds is 6. The number of anilines is 2. The van der Waals surface area contributed by atoms with Gasteiger partial charge in [0.2, 0.25) is 5.95 Å². The van der Waals surface area contributed by atoms with Crippen LogP contribution in [-0.4, -0.2) is 33.7 Å². The fourth-order valence-corrected chi connectivity index (χ4v) is 1.67. The normalized spacial score (nSPS) is 10.6. The summed E-state index contributed by atoms with van der Waals surface area (Å²) in [5.74, 6) is -0.744. The van der Waals surface area contributed by atoms with Crippen LogP contribution >= 0.6 is 0 Å². The monoisotopic (exact) mass is 326 g/mol. The molecule has 1 aromatic carbocycles. The average Bonchev–Trinajstić information content (AvgIpc) is 3.10. The minimum atomic E-state index is -0.603. The zero-order chi connectivity index (χ0) is 17.4. The highest BCUT2D eigenvalue weighted by atomic mass is 16.5. The van der Waals surface area contributed by atoms with E-state index in [0.29, 0.717) is 17.2 Å². The molecule has 0 saturated heterocycles. The first-order valence-electron chi connectivity index (χ1n) is 6.94. The number of ether oxygens (including phenoxy) is 1. The van der Waals surface area contributed by atoms with Crippen molar-refractivity contribution in [1.29, 1.82) is 5.26 Å². The minimum absolute atomic E-state index is 0.152. The predicted molar refractivity (Wildman–Crippen MR) is 84.7 cm³/mol. The van der Waals surface area contributed by atoms with Crippen LogP contribution in [0.1, 0.15) is 17.3 Å². The van der Waals surface area contributed by atoms with Crippen LogP contribution in [0.2, 0.25) is 0 Å². The number of esters is 1. The maximum Gasteiger partial charge on any atom is 0.338 e. The standard InChI is InChI=1S/C15H14N6O3/c1-2-24-14(23)10-3-5-12(6-4-10)20-13(22)11(7-16)8-17-15-18-9-19-21-15/h3-6,8-9H,2H2,1H3,(H,20,22)(H2,17,18,19,21)/b11-8-. The molecule has 0 aliphatic carbocycles. The second-order valence-corrected chi connectivity index (χ2v) is 4.40. The number of H-pyrrole nitrogens is 1. The number of aromatic amines is 1. The van der Waals surface area contributed by atoms with Crippen LogP contribution in [-0.2, 0) is 9.53 Å². The molecular weight excluding hydrogens is 312 g/mol. The lowest BCUT2D eigenvalue weighted by Gasteiger charge is -2.06. The Labute approximate surface area is 137 Å². The number of aromatic nitrogens is 3. The van der Waals surface area contributed by atoms with Gasteiger partial charge in [-0.1, -0.05) is 0 Å². The quantitative estimate of drug-likeness (QED) is 0.415. The Hall–Kier alpha value is -3.67. The summed E-state index contributed by atoms with van der Waals surface area (Å²) in [6, 6.07) is 7.92. The lowest BCUT2D eigenvalue weighted by atomic mass is 10.2. The Morgan fingerprint density at radius 1 is 1.38 bits per heavy atom. The smallest absolute Gasteiger partial charge is 0.338 e. The van der Waals surface area contributed by atoms with E-state index in [1.807, 2.05) is 0 Å². The molecule has 1 amide bonds. The van der Waals surface area contributed by atoms with Crippen molar-refractivity contribution in [3.63, 3.8) is 0 Å². The lowest BCUT2D eigenvalue weighted by molar-refractivity contribution is -0.112. The largest absolute Gasteiger partial charge is 0.462 e. The molecule has 0 bridgehead atoms. The highest BCUT2D eigenvalue weighted by Gasteiger charge is 2.11. The van der Waals surface area contributed by atoms with Crippen LogP contribution in [0.25, 0.3) is 0 Å². The van der Waals surface area contributed by atoms with Gasteiger partial charge in [-0.25, -0.2) is 9.89 Å². The van der Waals surface area contributed by atoms with E-state index < -0.39 is 11.9 Å². The SMILES string of the molecule is CCOC(=O)c1ccc(NC(=O)/C(C#N)=C\Nc2ncn[nH]2)cc1. The van der Waals surface area contributed by atoms with E-state index >= 15 is 0 Å². The fourth-order valence-electron chi connectivity index (χ4n) is 1.67. The van der Waals surface area contributed by atoms with E-state index in [1.54, 1.807) is 25.1 Å². The molecule has 2 rings (SSSR count). The van der Waals surface area contributed by atoms with Crippen molar-refractivity contribution >= 4 is 23.5 Å². The summed E-state index contributed by atoms with van der Waals surface area (Å²) in [6.07, 6.45) is 2.50. The van der Waals surface area contributed by atoms with Crippen LogP contribution in [0.15, 0.2) is 42.4 Å². The number of hydrogen-bond acceptors (Lipinski definition) is 7. The van der Waals surface area contributed by atoms with E-state index in [2.05, 4.69) is 25.8 Å². The maximum absolute atomic E-state index is 12.0. The first kappa shape index (κ1) is 16.7. The summed E-state index contributed by atoms with van der Waals surface area (Å²) in [7, 11) is 0. The molecule has 0 unspecified atom stereocenters. The van der Waals surface area contributed by atoms with Crippen LogP contribution in [0.3, 0.4) is 0 Å². The van der Waals surface area contributed by atoms with E-state index in [-0.39, 0.29) is 12.2 Å². The number of amides is 1. The van der Waals surface area contributed by atoms with Crippen LogP contribution in [0.5, 0.6) is 0 Å². The summed E-state index contributed by atoms with van der Waals surface area (Å²) < 4.78 is 4.87. The number of carbonyl (C=O) groups is 2. The molecule has 1 heterocycles. The van der Waals surface area contributed by atoms with Crippen molar-refractivity contribution < 1.29 is 14.3 Å². The van der Waals surface area contributed by atoms with Gasteiger partial charge in [-0.15, -0.1) is 0 Å². The number of nitrogens with zero attached hydrogens (tertiary/aromatic N) is 3. The molecule has 0 spiro atoms. The number of carbonyl (C=O) groups excluding carboxylic acids is 2. The fraction of sp³-hybridized carbons (Fsp3) is 0.133. The van der Waals surface area contributed by atoms with Crippen molar-refractivity contribution in [2.45, 2.75) is 6.92 Å². The van der Waals surface area contributed by atoms with Gasteiger partial charge >= 0.3 is 5.97 Å². The average molecular weight is 326 g/mol. The van der Waals surface area contributed by atoms with Crippen molar-refractivity contribution in [2.75, 3.05) is 17.2 Å². The summed E-state index contributed by atoms with van der Waals surface area (Å²) in [5.41, 5.74) is 0.660. The van der Waals surface area contributed by atoms with Crippen molar-refractivity contribution in [3.8, 4) is 6.07 Å². The Morgan fingerprint density at radius 2 is 2.12 bits per heavy atom. The Morgan fingerprint density at radius 3 is 2.71 bits per heavy atom. The van der Waals surface area contributed by atoms with Crippen LogP contribution in [0.4, 0.5) is 11.6 Å². The van der Waals surface area contributed by atoms with Gasteiger partial charge < -0.3 is 15.4 Å². The molecule has 0 aliphatic heterocycles. The lowest BCUT2D eigenvalue weighted by Crippen LogP contribution is -2.15. The summed E-state index contributed by atoms with van der Waals surface area (Å²) in [5, 5.41) is 20.4. The third-order valence-electron chi connectivity index (χ3n) is 2.79. The number of nitriles is 1. The second kappa shape index (κ2) is 8.09. The second-order valence-electron chi connectivity index (χ2n) is 4.40. The van der Waals surface area contributed by atoms with Crippen LogP contribution in [0, 0.1) is 11.3 Å². The number of hydrogen-bond donors (Lipinski definition) is 3. The van der Waals surface area contributed by atoms with Crippen LogP contribution < -0.4 is 10.6 Å². The van der Waals surface area contributed by atoms with E-state index in [4.69, 9.17) is 10.00 Å². The first-order chi connectivity index (χ1) is 11.6. The zero-order valence-corrected chi connectivity index (χ0v) is 12.7. The highest BCUT2D eigenvalue weighted by molar-refractivity contribution is 6.06. The van der Waals surface area contributed by atoms with Gasteiger partial charge in [-0.3, -0.25) is 4.79 Å². The van der Waals surface area contributed by atoms with Crippen molar-refractivity contribution in [2.24, 2.45) is 0 Å². The van der Waals surface area contributed by atoms with E-state index in [0.717, 1.165) is 0 Å². The first-order valence-corrected chi connectivity index (χ1v) is 6.94. The molecule has 0 aliphatic rings. The third kappa shape index (κ3) is 4.41. The molecule has 1 aromatic heterocycles. The number of benzene rings is 1. The van der Waals surface area contributed by atoms with Gasteiger partial charge in [0.1, 0.15) is 18.0 Å². The molecule has 9 nitrogen and oxygen atoms in total. The van der Waals surface area contributed by atoms with Gasteiger partial charge in [0.15, 0.2) is 0 Å². The minimum Gasteiger partial charge on any atom is -0.462 e. The van der Waals surface area contributed by atoms with E-state index in [1.165, 1.54) is 24.7 Å². The molecule has 0 saturated carbocycles.